The van der Waals surface area contributed by atoms with Gasteiger partial charge in [0.2, 0.25) is 0 Å². The highest BCUT2D eigenvalue weighted by Crippen LogP contribution is 2.27. The van der Waals surface area contributed by atoms with Gasteiger partial charge in [0.15, 0.2) is 4.80 Å². The number of thiazole rings is 1. The van der Waals surface area contributed by atoms with Crippen LogP contribution in [-0.4, -0.2) is 50.0 Å². The van der Waals surface area contributed by atoms with Crippen molar-refractivity contribution in [3.05, 3.63) is 45.0 Å². The fourth-order valence-corrected chi connectivity index (χ4v) is 7.82. The van der Waals surface area contributed by atoms with E-state index in [0.29, 0.717) is 48.1 Å². The topological polar surface area (TPSA) is 81.0 Å². The second kappa shape index (κ2) is 9.63. The third-order valence-electron chi connectivity index (χ3n) is 5.26. The van der Waals surface area contributed by atoms with Crippen LogP contribution >= 0.6 is 38.6 Å². The van der Waals surface area contributed by atoms with E-state index < -0.39 is 10.0 Å². The number of hydrogen-bond donors (Lipinski definition) is 0. The number of nitrogens with zero attached hydrogens (tertiary/aromatic N) is 3. The van der Waals surface area contributed by atoms with Crippen LogP contribution in [-0.2, 0) is 26.1 Å². The number of methoxy groups -OCH3 is 1. The molecule has 1 aromatic carbocycles. The quantitative estimate of drug-likeness (QED) is 0.474. The Morgan fingerprint density at radius 1 is 1.29 bits per heavy atom. The first-order valence-corrected chi connectivity index (χ1v) is 13.7. The highest BCUT2D eigenvalue weighted by atomic mass is 79.9. The Morgan fingerprint density at radius 2 is 2.06 bits per heavy atom. The van der Waals surface area contributed by atoms with Gasteiger partial charge in [-0.25, -0.2) is 8.42 Å². The SMILES string of the molecule is COCCn1c(=NC(=O)C2CCN(S(=O)(=O)c3cccs3)CC2)sc2cc(Br)ccc21. The van der Waals surface area contributed by atoms with E-state index in [-0.39, 0.29) is 11.8 Å². The van der Waals surface area contributed by atoms with E-state index in [0.717, 1.165) is 14.7 Å². The molecule has 1 aliphatic heterocycles. The summed E-state index contributed by atoms with van der Waals surface area (Å²) < 4.78 is 36.4. The minimum Gasteiger partial charge on any atom is -0.383 e. The predicted octanol–water partition coefficient (Wildman–Crippen LogP) is 3.70. The highest BCUT2D eigenvalue weighted by molar-refractivity contribution is 9.10. The van der Waals surface area contributed by atoms with Gasteiger partial charge in [-0.05, 0) is 42.5 Å². The molecular formula is C20H22BrN3O4S3. The summed E-state index contributed by atoms with van der Waals surface area (Å²) >= 11 is 6.17. The van der Waals surface area contributed by atoms with Crippen molar-refractivity contribution in [3.8, 4) is 0 Å². The standard InChI is InChI=1S/C20H22BrN3O4S3/c1-28-11-10-24-16-5-4-15(21)13-17(16)30-20(24)22-19(25)14-6-8-23(9-7-14)31(26,27)18-3-2-12-29-18/h2-5,12-14H,6-11H2,1H3. The first-order valence-electron chi connectivity index (χ1n) is 9.80. The van der Waals surface area contributed by atoms with Crippen molar-refractivity contribution in [3.63, 3.8) is 0 Å². The molecule has 0 unspecified atom stereocenters. The summed E-state index contributed by atoms with van der Waals surface area (Å²) in [6.07, 6.45) is 0.947. The van der Waals surface area contributed by atoms with Gasteiger partial charge >= 0.3 is 0 Å². The second-order valence-corrected chi connectivity index (χ2v) is 12.2. The van der Waals surface area contributed by atoms with Crippen LogP contribution in [0.2, 0.25) is 0 Å². The number of rotatable bonds is 6. The van der Waals surface area contributed by atoms with Crippen LogP contribution in [0.5, 0.6) is 0 Å². The number of carbonyl (C=O) groups excluding carboxylic acids is 1. The molecule has 166 valence electrons. The molecule has 7 nitrogen and oxygen atoms in total. The van der Waals surface area contributed by atoms with Gasteiger partial charge in [-0.2, -0.15) is 9.30 Å². The molecule has 11 heteroatoms. The molecule has 0 bridgehead atoms. The first kappa shape index (κ1) is 22.8. The Kier molecular flexibility index (Phi) is 7.09. The number of benzene rings is 1. The zero-order valence-electron chi connectivity index (χ0n) is 16.9. The molecule has 4 rings (SSSR count). The minimum absolute atomic E-state index is 0.190. The molecule has 0 saturated carbocycles. The molecule has 3 aromatic rings. The number of ether oxygens (including phenoxy) is 1. The van der Waals surface area contributed by atoms with Crippen molar-refractivity contribution in [1.82, 2.24) is 8.87 Å². The Hall–Kier alpha value is -1.37. The van der Waals surface area contributed by atoms with Gasteiger partial charge in [0.05, 0.1) is 16.8 Å². The fourth-order valence-electron chi connectivity index (χ4n) is 3.60. The summed E-state index contributed by atoms with van der Waals surface area (Å²) in [5.74, 6) is -0.465. The maximum Gasteiger partial charge on any atom is 0.252 e. The predicted molar refractivity (Wildman–Crippen MR) is 126 cm³/mol. The number of piperidine rings is 1. The van der Waals surface area contributed by atoms with Crippen LogP contribution in [0.3, 0.4) is 0 Å². The molecule has 1 aliphatic rings. The maximum absolute atomic E-state index is 12.9. The molecular weight excluding hydrogens is 522 g/mol. The largest absolute Gasteiger partial charge is 0.383 e. The molecule has 31 heavy (non-hydrogen) atoms. The smallest absolute Gasteiger partial charge is 0.252 e. The molecule has 2 aromatic heterocycles. The zero-order chi connectivity index (χ0) is 22.0. The maximum atomic E-state index is 12.9. The van der Waals surface area contributed by atoms with Gasteiger partial charge in [-0.15, -0.1) is 11.3 Å². The van der Waals surface area contributed by atoms with Crippen LogP contribution in [0.25, 0.3) is 10.2 Å². The Balaban J connectivity index is 1.54. The summed E-state index contributed by atoms with van der Waals surface area (Å²) in [6.45, 7) is 1.77. The first-order chi connectivity index (χ1) is 14.9. The van der Waals surface area contributed by atoms with Gasteiger partial charge in [0.1, 0.15) is 4.21 Å². The van der Waals surface area contributed by atoms with Crippen LogP contribution in [0.4, 0.5) is 0 Å². The molecule has 1 fully saturated rings. The lowest BCUT2D eigenvalue weighted by Gasteiger charge is -2.29. The second-order valence-electron chi connectivity index (χ2n) is 7.20. The summed E-state index contributed by atoms with van der Waals surface area (Å²) in [4.78, 5) is 18.0. The Bertz CT molecular complexity index is 1240. The van der Waals surface area contributed by atoms with Gasteiger partial charge in [0.25, 0.3) is 15.9 Å². The summed E-state index contributed by atoms with van der Waals surface area (Å²) in [5.41, 5.74) is 1.01. The normalized spacial score (nSPS) is 16.9. The van der Waals surface area contributed by atoms with E-state index in [4.69, 9.17) is 4.74 Å². The lowest BCUT2D eigenvalue weighted by atomic mass is 9.98. The van der Waals surface area contributed by atoms with E-state index in [1.165, 1.54) is 27.0 Å². The number of hydrogen-bond acceptors (Lipinski definition) is 6. The number of halogens is 1. The van der Waals surface area contributed by atoms with Crippen LogP contribution < -0.4 is 4.80 Å². The van der Waals surface area contributed by atoms with Crippen molar-refractivity contribution >= 4 is 64.8 Å². The monoisotopic (exact) mass is 543 g/mol. The zero-order valence-corrected chi connectivity index (χ0v) is 20.9. The van der Waals surface area contributed by atoms with E-state index >= 15 is 0 Å². The van der Waals surface area contributed by atoms with Crippen LogP contribution in [0, 0.1) is 5.92 Å². The molecule has 0 aliphatic carbocycles. The molecule has 1 saturated heterocycles. The van der Waals surface area contributed by atoms with Crippen LogP contribution in [0.1, 0.15) is 12.8 Å². The number of aromatic nitrogens is 1. The minimum atomic E-state index is -3.48. The van der Waals surface area contributed by atoms with Gasteiger partial charge < -0.3 is 9.30 Å². The lowest BCUT2D eigenvalue weighted by Crippen LogP contribution is -2.40. The average molecular weight is 545 g/mol. The number of sulfonamides is 1. The van der Waals surface area contributed by atoms with Gasteiger partial charge in [-0.1, -0.05) is 33.3 Å². The van der Waals surface area contributed by atoms with Crippen molar-refractivity contribution in [2.45, 2.75) is 23.6 Å². The third kappa shape index (κ3) is 4.86. The molecule has 0 radical (unpaired) electrons. The van der Waals surface area contributed by atoms with Crippen molar-refractivity contribution < 1.29 is 17.9 Å². The molecule has 0 spiro atoms. The number of thiophene rings is 1. The highest BCUT2D eigenvalue weighted by Gasteiger charge is 2.32. The Labute approximate surface area is 197 Å². The number of amides is 1. The molecule has 0 atom stereocenters. The summed E-state index contributed by atoms with van der Waals surface area (Å²) in [6, 6.07) is 9.33. The van der Waals surface area contributed by atoms with E-state index in [1.807, 2.05) is 22.8 Å². The van der Waals surface area contributed by atoms with Crippen molar-refractivity contribution in [2.24, 2.45) is 10.9 Å². The number of carbonyl (C=O) groups is 1. The molecule has 1 amide bonds. The molecule has 0 N–H and O–H groups in total. The summed E-state index contributed by atoms with van der Waals surface area (Å²) in [5, 5.41) is 1.75. The van der Waals surface area contributed by atoms with Gasteiger partial charge in [-0.3, -0.25) is 4.79 Å². The van der Waals surface area contributed by atoms with Crippen molar-refractivity contribution in [1.29, 1.82) is 0 Å². The third-order valence-corrected chi connectivity index (χ3v) is 10.1. The van der Waals surface area contributed by atoms with Gasteiger partial charge in [0, 0.05) is 37.1 Å². The van der Waals surface area contributed by atoms with E-state index in [9.17, 15) is 13.2 Å². The number of fused-ring (bicyclic) bond motifs is 1. The summed E-state index contributed by atoms with van der Waals surface area (Å²) in [7, 11) is -1.83. The Morgan fingerprint density at radius 3 is 2.74 bits per heavy atom. The van der Waals surface area contributed by atoms with Crippen LogP contribution in [0.15, 0.2) is 49.4 Å². The average Bonchev–Trinajstić information content (AvgIpc) is 3.41. The fraction of sp³-hybridized carbons (Fsp3) is 0.400. The van der Waals surface area contributed by atoms with Crippen molar-refractivity contribution in [2.75, 3.05) is 26.8 Å². The molecule has 3 heterocycles. The van der Waals surface area contributed by atoms with E-state index in [2.05, 4.69) is 20.9 Å². The lowest BCUT2D eigenvalue weighted by molar-refractivity contribution is -0.122. The van der Waals surface area contributed by atoms with E-state index in [1.54, 1.807) is 24.6 Å².